The van der Waals surface area contributed by atoms with Crippen molar-refractivity contribution < 1.29 is 4.79 Å². The van der Waals surface area contributed by atoms with Crippen LogP contribution >= 0.6 is 0 Å². The lowest BCUT2D eigenvalue weighted by atomic mass is 10.1. The zero-order valence-electron chi connectivity index (χ0n) is 22.7. The summed E-state index contributed by atoms with van der Waals surface area (Å²) in [6, 6.07) is 6.30. The average molecular weight is 546 g/mol. The third kappa shape index (κ3) is 5.14. The van der Waals surface area contributed by atoms with Crippen LogP contribution in [0.5, 0.6) is 0 Å². The number of carbonyl (C=O) groups is 1. The summed E-state index contributed by atoms with van der Waals surface area (Å²) in [6.45, 7) is 7.29. The Kier molecular flexibility index (Phi) is 7.30. The molecule has 41 heavy (non-hydrogen) atoms. The van der Waals surface area contributed by atoms with Crippen molar-refractivity contribution in [2.24, 2.45) is 7.05 Å². The number of anilines is 1. The lowest BCUT2D eigenvalue weighted by molar-refractivity contribution is 0.0940. The van der Waals surface area contributed by atoms with Gasteiger partial charge in [-0.25, -0.2) is 19.5 Å². The molecule has 5 aromatic rings. The predicted molar refractivity (Wildman–Crippen MR) is 158 cm³/mol. The molecule has 0 saturated heterocycles. The first-order valence-electron chi connectivity index (χ1n) is 12.7. The van der Waals surface area contributed by atoms with E-state index in [-0.39, 0.29) is 16.9 Å². The second-order valence-corrected chi connectivity index (χ2v) is 9.15. The molecular weight excluding hydrogens is 518 g/mol. The smallest absolute Gasteiger partial charge is 0.266 e. The highest BCUT2D eigenvalue weighted by Crippen LogP contribution is 2.20. The summed E-state index contributed by atoms with van der Waals surface area (Å²) in [6.07, 6.45) is 13.3. The molecule has 11 heteroatoms. The molecule has 4 heterocycles. The molecule has 5 rings (SSSR count). The number of nitrogens with zero attached hydrogens (tertiary/aromatic N) is 7. The van der Waals surface area contributed by atoms with Crippen molar-refractivity contribution in [3.05, 3.63) is 113 Å². The molecule has 0 fully saturated rings. The van der Waals surface area contributed by atoms with Crippen LogP contribution in [0, 0.1) is 18.8 Å². The van der Waals surface area contributed by atoms with E-state index in [4.69, 9.17) is 10.7 Å². The topological polar surface area (TPSA) is 138 Å². The molecule has 3 N–H and O–H groups in total. The first kappa shape index (κ1) is 26.8. The molecule has 0 aliphatic carbocycles. The molecule has 0 aliphatic rings. The van der Waals surface area contributed by atoms with Gasteiger partial charge in [-0.2, -0.15) is 0 Å². The molecule has 1 amide bonds. The maximum absolute atomic E-state index is 14.0. The standard InChI is InChI=1S/C30H27N9O2/c1-5-6-7-8-16-38-27(19(2)34-29(40)25-26(31)36-39-17-10-15-32-28(25)39)35-23-12-9-11-21(24(23)30(38)41)13-14-22-18-33-20(3)37(22)4/h5-12,15-19H,1H2,2-4H3,(H2,31,36)(H,34,40)/b7-6-,16-8+/t19-/m1/s1. The summed E-state index contributed by atoms with van der Waals surface area (Å²) < 4.78 is 4.71. The van der Waals surface area contributed by atoms with Crippen LogP contribution in [0.1, 0.15) is 46.2 Å². The Morgan fingerprint density at radius 3 is 2.76 bits per heavy atom. The summed E-state index contributed by atoms with van der Waals surface area (Å²) in [5, 5.41) is 7.41. The highest BCUT2D eigenvalue weighted by atomic mass is 16.2. The fourth-order valence-electron chi connectivity index (χ4n) is 4.30. The van der Waals surface area contributed by atoms with E-state index < -0.39 is 11.9 Å². The third-order valence-electron chi connectivity index (χ3n) is 6.48. The number of fused-ring (bicyclic) bond motifs is 2. The van der Waals surface area contributed by atoms with Gasteiger partial charge in [-0.3, -0.25) is 14.2 Å². The van der Waals surface area contributed by atoms with Gasteiger partial charge in [0, 0.05) is 31.2 Å². The largest absolute Gasteiger partial charge is 0.381 e. The van der Waals surface area contributed by atoms with Gasteiger partial charge in [0.25, 0.3) is 11.5 Å². The van der Waals surface area contributed by atoms with E-state index >= 15 is 0 Å². The van der Waals surface area contributed by atoms with Crippen LogP contribution in [0.4, 0.5) is 5.82 Å². The molecule has 11 nitrogen and oxygen atoms in total. The number of benzene rings is 1. The van der Waals surface area contributed by atoms with E-state index in [1.54, 1.807) is 80.3 Å². The van der Waals surface area contributed by atoms with E-state index in [1.807, 2.05) is 18.5 Å². The molecule has 0 spiro atoms. The van der Waals surface area contributed by atoms with Gasteiger partial charge in [0.1, 0.15) is 22.9 Å². The molecule has 4 aromatic heterocycles. The Morgan fingerprint density at radius 2 is 2.00 bits per heavy atom. The quantitative estimate of drug-likeness (QED) is 0.247. The minimum atomic E-state index is -0.696. The molecule has 0 saturated carbocycles. The van der Waals surface area contributed by atoms with Crippen LogP contribution in [0.2, 0.25) is 0 Å². The predicted octanol–water partition coefficient (Wildman–Crippen LogP) is 3.17. The van der Waals surface area contributed by atoms with Gasteiger partial charge in [0.05, 0.1) is 23.1 Å². The normalized spacial score (nSPS) is 12.2. The molecule has 1 atom stereocenters. The first-order valence-corrected chi connectivity index (χ1v) is 12.7. The highest BCUT2D eigenvalue weighted by Gasteiger charge is 2.24. The van der Waals surface area contributed by atoms with Gasteiger partial charge in [-0.15, -0.1) is 5.10 Å². The summed E-state index contributed by atoms with van der Waals surface area (Å²) in [5.74, 6) is 6.90. The van der Waals surface area contributed by atoms with Crippen LogP contribution in [-0.2, 0) is 7.05 Å². The van der Waals surface area contributed by atoms with Gasteiger partial charge in [-0.1, -0.05) is 36.8 Å². The van der Waals surface area contributed by atoms with Crippen molar-refractivity contribution >= 4 is 34.5 Å². The van der Waals surface area contributed by atoms with Crippen LogP contribution in [-0.4, -0.2) is 39.6 Å². The lowest BCUT2D eigenvalue weighted by Crippen LogP contribution is -2.32. The molecule has 0 unspecified atom stereocenters. The maximum Gasteiger partial charge on any atom is 0.266 e. The van der Waals surface area contributed by atoms with Crippen molar-refractivity contribution in [1.29, 1.82) is 0 Å². The van der Waals surface area contributed by atoms with Gasteiger partial charge in [0.15, 0.2) is 11.5 Å². The Balaban J connectivity index is 1.60. The second kappa shape index (κ2) is 11.2. The SMILES string of the molecule is C=C/C=C\C=C\n1c([C@@H](C)NC(=O)c2c(N)nn3cccnc23)nc2cccc(C#Cc3cnc(C)n3C)c2c1=O. The van der Waals surface area contributed by atoms with E-state index in [1.165, 1.54) is 9.08 Å². The molecule has 0 radical (unpaired) electrons. The number of hydrogen-bond donors (Lipinski definition) is 2. The fourth-order valence-corrected chi connectivity index (χ4v) is 4.30. The minimum absolute atomic E-state index is 0.0403. The van der Waals surface area contributed by atoms with Crippen molar-refractivity contribution in [2.45, 2.75) is 19.9 Å². The summed E-state index contributed by atoms with van der Waals surface area (Å²) in [4.78, 5) is 40.6. The monoisotopic (exact) mass is 545 g/mol. The Morgan fingerprint density at radius 1 is 1.17 bits per heavy atom. The average Bonchev–Trinajstić information content (AvgIpc) is 3.47. The Labute approximate surface area is 235 Å². The van der Waals surface area contributed by atoms with Gasteiger partial charge >= 0.3 is 0 Å². The van der Waals surface area contributed by atoms with E-state index in [0.717, 1.165) is 11.5 Å². The molecule has 204 valence electrons. The highest BCUT2D eigenvalue weighted by molar-refractivity contribution is 6.04. The number of nitrogens with one attached hydrogen (secondary N) is 1. The van der Waals surface area contributed by atoms with E-state index in [9.17, 15) is 9.59 Å². The number of aromatic nitrogens is 7. The number of hydrogen-bond acceptors (Lipinski definition) is 7. The number of amides is 1. The number of imidazole rings is 1. The van der Waals surface area contributed by atoms with Crippen LogP contribution < -0.4 is 16.6 Å². The van der Waals surface area contributed by atoms with Gasteiger partial charge in [0.2, 0.25) is 0 Å². The number of carbonyl (C=O) groups excluding carboxylic acids is 1. The van der Waals surface area contributed by atoms with Crippen molar-refractivity contribution in [3.8, 4) is 11.8 Å². The first-order chi connectivity index (χ1) is 19.8. The molecular formula is C30H27N9O2. The number of aryl methyl sites for hydroxylation is 1. The molecule has 0 aliphatic heterocycles. The van der Waals surface area contributed by atoms with E-state index in [0.29, 0.717) is 27.9 Å². The number of allylic oxidation sites excluding steroid dienone is 4. The Hall–Kier alpha value is -5.76. The third-order valence-corrected chi connectivity index (χ3v) is 6.48. The van der Waals surface area contributed by atoms with Crippen LogP contribution in [0.15, 0.2) is 78.5 Å². The number of nitrogen functional groups attached to an aromatic ring is 1. The summed E-state index contributed by atoms with van der Waals surface area (Å²) >= 11 is 0. The second-order valence-electron chi connectivity index (χ2n) is 9.15. The van der Waals surface area contributed by atoms with Gasteiger partial charge < -0.3 is 15.6 Å². The number of nitrogens with two attached hydrogens (primary N) is 1. The summed E-state index contributed by atoms with van der Waals surface area (Å²) in [5.41, 5.74) is 7.85. The van der Waals surface area contributed by atoms with Crippen LogP contribution in [0.3, 0.4) is 0 Å². The maximum atomic E-state index is 14.0. The van der Waals surface area contributed by atoms with Crippen molar-refractivity contribution in [3.63, 3.8) is 0 Å². The van der Waals surface area contributed by atoms with Gasteiger partial charge in [-0.05, 0) is 44.0 Å². The van der Waals surface area contributed by atoms with Crippen molar-refractivity contribution in [1.82, 2.24) is 39.0 Å². The summed E-state index contributed by atoms with van der Waals surface area (Å²) in [7, 11) is 1.88. The minimum Gasteiger partial charge on any atom is -0.381 e. The molecule has 0 bridgehead atoms. The Bertz CT molecular complexity index is 2000. The van der Waals surface area contributed by atoms with Crippen molar-refractivity contribution in [2.75, 3.05) is 5.73 Å². The molecule has 1 aromatic carbocycles. The zero-order valence-corrected chi connectivity index (χ0v) is 22.7. The zero-order chi connectivity index (χ0) is 29.1. The lowest BCUT2D eigenvalue weighted by Gasteiger charge is -2.18. The van der Waals surface area contributed by atoms with E-state index in [2.05, 4.69) is 38.8 Å². The fraction of sp³-hybridized carbons (Fsp3) is 0.133. The van der Waals surface area contributed by atoms with Crippen LogP contribution in [0.25, 0.3) is 22.8 Å². The number of rotatable bonds is 6.